The molecule has 6 heteroatoms. The van der Waals surface area contributed by atoms with Gasteiger partial charge in [-0.05, 0) is 37.6 Å². The number of aromatic amines is 1. The summed E-state index contributed by atoms with van der Waals surface area (Å²) in [6, 6.07) is 12.9. The first-order chi connectivity index (χ1) is 13.0. The minimum Gasteiger partial charge on any atom is -0.383 e. The molecule has 1 amide bonds. The number of carbonyl (C=O) groups is 1. The topological polar surface area (TPSA) is 75.3 Å². The van der Waals surface area contributed by atoms with Gasteiger partial charge in [-0.1, -0.05) is 29.8 Å². The molecular weight excluding hydrogens is 342 g/mol. The number of para-hydroxylation sites is 1. The number of hydrogen-bond donors (Lipinski definition) is 1. The van der Waals surface area contributed by atoms with Gasteiger partial charge < -0.3 is 14.6 Å². The zero-order valence-electron chi connectivity index (χ0n) is 15.8. The fraction of sp³-hybridized carbons (Fsp3) is 0.286. The molecule has 0 saturated heterocycles. The average Bonchev–Trinajstić information content (AvgIpc) is 2.64. The minimum atomic E-state index is -0.207. The summed E-state index contributed by atoms with van der Waals surface area (Å²) >= 11 is 0. The van der Waals surface area contributed by atoms with E-state index in [1.807, 2.05) is 38.1 Å². The highest BCUT2D eigenvalue weighted by molar-refractivity contribution is 5.95. The lowest BCUT2D eigenvalue weighted by Gasteiger charge is -2.23. The number of aromatic nitrogens is 2. The van der Waals surface area contributed by atoms with Crippen LogP contribution in [0.4, 0.5) is 0 Å². The predicted octanol–water partition coefficient (Wildman–Crippen LogP) is 2.83. The SMILES string of the molecule is COCCN(Cc1nc2ccccc2c(=O)[nH]1)C(=O)c1ccc(C)cc1C. The summed E-state index contributed by atoms with van der Waals surface area (Å²) in [4.78, 5) is 34.3. The van der Waals surface area contributed by atoms with Crippen molar-refractivity contribution < 1.29 is 9.53 Å². The molecule has 0 atom stereocenters. The number of hydrogen-bond acceptors (Lipinski definition) is 4. The molecule has 3 rings (SSSR count). The molecule has 1 heterocycles. The van der Waals surface area contributed by atoms with Crippen molar-refractivity contribution in [3.63, 3.8) is 0 Å². The molecule has 1 aromatic heterocycles. The van der Waals surface area contributed by atoms with Gasteiger partial charge in [0.05, 0.1) is 24.1 Å². The molecule has 27 heavy (non-hydrogen) atoms. The molecular formula is C21H23N3O3. The van der Waals surface area contributed by atoms with Crippen molar-refractivity contribution in [2.75, 3.05) is 20.3 Å². The Balaban J connectivity index is 1.93. The van der Waals surface area contributed by atoms with Crippen LogP contribution in [0.3, 0.4) is 0 Å². The van der Waals surface area contributed by atoms with Crippen LogP contribution in [0.2, 0.25) is 0 Å². The van der Waals surface area contributed by atoms with Gasteiger partial charge in [0.25, 0.3) is 11.5 Å². The van der Waals surface area contributed by atoms with Crippen molar-refractivity contribution >= 4 is 16.8 Å². The number of benzene rings is 2. The molecule has 0 saturated carbocycles. The molecule has 140 valence electrons. The third-order valence-corrected chi connectivity index (χ3v) is 4.47. The average molecular weight is 365 g/mol. The first kappa shape index (κ1) is 18.8. The van der Waals surface area contributed by atoms with E-state index in [0.717, 1.165) is 11.1 Å². The van der Waals surface area contributed by atoms with Crippen LogP contribution in [-0.2, 0) is 11.3 Å². The Morgan fingerprint density at radius 3 is 2.70 bits per heavy atom. The quantitative estimate of drug-likeness (QED) is 0.729. The van der Waals surface area contributed by atoms with Gasteiger partial charge in [0.15, 0.2) is 0 Å². The van der Waals surface area contributed by atoms with Crippen LogP contribution in [0.25, 0.3) is 10.9 Å². The largest absolute Gasteiger partial charge is 0.383 e. The summed E-state index contributed by atoms with van der Waals surface area (Å²) in [6.07, 6.45) is 0. The summed E-state index contributed by atoms with van der Waals surface area (Å²) < 4.78 is 5.15. The molecule has 1 N–H and O–H groups in total. The zero-order chi connectivity index (χ0) is 19.4. The molecule has 2 aromatic carbocycles. The van der Waals surface area contributed by atoms with Crippen LogP contribution in [0.5, 0.6) is 0 Å². The number of amides is 1. The zero-order valence-corrected chi connectivity index (χ0v) is 15.8. The lowest BCUT2D eigenvalue weighted by molar-refractivity contribution is 0.0674. The van der Waals surface area contributed by atoms with Crippen molar-refractivity contribution in [2.24, 2.45) is 0 Å². The van der Waals surface area contributed by atoms with Gasteiger partial charge >= 0.3 is 0 Å². The maximum Gasteiger partial charge on any atom is 0.258 e. The summed E-state index contributed by atoms with van der Waals surface area (Å²) in [5.41, 5.74) is 3.07. The molecule has 0 bridgehead atoms. The normalized spacial score (nSPS) is 10.9. The number of nitrogens with one attached hydrogen (secondary N) is 1. The number of fused-ring (bicyclic) bond motifs is 1. The summed E-state index contributed by atoms with van der Waals surface area (Å²) in [7, 11) is 1.59. The number of aryl methyl sites for hydroxylation is 2. The maximum absolute atomic E-state index is 13.1. The van der Waals surface area contributed by atoms with Crippen molar-refractivity contribution in [3.05, 3.63) is 75.3 Å². The molecule has 0 unspecified atom stereocenters. The standard InChI is InChI=1S/C21H23N3O3/c1-14-8-9-16(15(2)12-14)21(26)24(10-11-27-3)13-19-22-18-7-5-4-6-17(18)20(25)23-19/h4-9,12H,10-11,13H2,1-3H3,(H,22,23,25). The highest BCUT2D eigenvalue weighted by atomic mass is 16.5. The Kier molecular flexibility index (Phi) is 5.66. The lowest BCUT2D eigenvalue weighted by Crippen LogP contribution is -2.35. The van der Waals surface area contributed by atoms with Crippen LogP contribution in [0.1, 0.15) is 27.3 Å². The predicted molar refractivity (Wildman–Crippen MR) is 105 cm³/mol. The second-order valence-electron chi connectivity index (χ2n) is 6.57. The van der Waals surface area contributed by atoms with E-state index in [-0.39, 0.29) is 18.0 Å². The van der Waals surface area contributed by atoms with Gasteiger partial charge in [-0.25, -0.2) is 4.98 Å². The van der Waals surface area contributed by atoms with E-state index in [2.05, 4.69) is 9.97 Å². The fourth-order valence-electron chi connectivity index (χ4n) is 3.07. The van der Waals surface area contributed by atoms with E-state index in [1.54, 1.807) is 30.2 Å². The van der Waals surface area contributed by atoms with Gasteiger partial charge in [-0.2, -0.15) is 0 Å². The summed E-state index contributed by atoms with van der Waals surface area (Å²) in [5, 5.41) is 0.533. The first-order valence-electron chi connectivity index (χ1n) is 8.83. The van der Waals surface area contributed by atoms with Gasteiger partial charge in [-0.3, -0.25) is 9.59 Å². The summed E-state index contributed by atoms with van der Waals surface area (Å²) in [6.45, 7) is 4.92. The third kappa shape index (κ3) is 4.23. The van der Waals surface area contributed by atoms with E-state index in [9.17, 15) is 9.59 Å². The number of rotatable bonds is 6. The van der Waals surface area contributed by atoms with Gasteiger partial charge in [-0.15, -0.1) is 0 Å². The fourth-order valence-corrected chi connectivity index (χ4v) is 3.07. The minimum absolute atomic E-state index is 0.111. The Bertz CT molecular complexity index is 1030. The van der Waals surface area contributed by atoms with E-state index in [0.29, 0.717) is 35.4 Å². The van der Waals surface area contributed by atoms with Crippen molar-refractivity contribution in [1.82, 2.24) is 14.9 Å². The van der Waals surface area contributed by atoms with Gasteiger partial charge in [0.1, 0.15) is 5.82 Å². The molecule has 0 radical (unpaired) electrons. The Morgan fingerprint density at radius 2 is 1.96 bits per heavy atom. The molecule has 0 aliphatic carbocycles. The van der Waals surface area contributed by atoms with E-state index >= 15 is 0 Å². The van der Waals surface area contributed by atoms with E-state index < -0.39 is 0 Å². The Morgan fingerprint density at radius 1 is 1.19 bits per heavy atom. The van der Waals surface area contributed by atoms with E-state index in [4.69, 9.17) is 4.74 Å². The van der Waals surface area contributed by atoms with Crippen molar-refractivity contribution in [1.29, 1.82) is 0 Å². The van der Waals surface area contributed by atoms with Crippen molar-refractivity contribution in [3.8, 4) is 0 Å². The molecule has 6 nitrogen and oxygen atoms in total. The third-order valence-electron chi connectivity index (χ3n) is 4.47. The second kappa shape index (κ2) is 8.14. The molecule has 0 spiro atoms. The van der Waals surface area contributed by atoms with Crippen molar-refractivity contribution in [2.45, 2.75) is 20.4 Å². The van der Waals surface area contributed by atoms with Crippen LogP contribution in [0.15, 0.2) is 47.3 Å². The maximum atomic E-state index is 13.1. The first-order valence-corrected chi connectivity index (χ1v) is 8.83. The monoisotopic (exact) mass is 365 g/mol. The number of methoxy groups -OCH3 is 1. The van der Waals surface area contributed by atoms with Crippen LogP contribution in [0, 0.1) is 13.8 Å². The molecule has 0 aliphatic rings. The van der Waals surface area contributed by atoms with Gasteiger partial charge in [0.2, 0.25) is 0 Å². The highest BCUT2D eigenvalue weighted by Gasteiger charge is 2.19. The van der Waals surface area contributed by atoms with Crippen LogP contribution in [-0.4, -0.2) is 41.0 Å². The van der Waals surface area contributed by atoms with Crippen LogP contribution < -0.4 is 5.56 Å². The van der Waals surface area contributed by atoms with Crippen LogP contribution >= 0.6 is 0 Å². The summed E-state index contributed by atoms with van der Waals surface area (Å²) in [5.74, 6) is 0.341. The number of carbonyl (C=O) groups excluding carboxylic acids is 1. The Hall–Kier alpha value is -2.99. The lowest BCUT2D eigenvalue weighted by atomic mass is 10.0. The molecule has 0 aliphatic heterocycles. The smallest absolute Gasteiger partial charge is 0.258 e. The second-order valence-corrected chi connectivity index (χ2v) is 6.57. The number of ether oxygens (including phenoxy) is 1. The number of nitrogens with zero attached hydrogens (tertiary/aromatic N) is 2. The van der Waals surface area contributed by atoms with E-state index in [1.165, 1.54) is 0 Å². The van der Waals surface area contributed by atoms with Gasteiger partial charge in [0, 0.05) is 19.2 Å². The molecule has 0 fully saturated rings. The number of H-pyrrole nitrogens is 1. The highest BCUT2D eigenvalue weighted by Crippen LogP contribution is 2.15. The molecule has 3 aromatic rings. The Labute approximate surface area is 157 Å².